The number of aryl methyl sites for hydroxylation is 1. The van der Waals surface area contributed by atoms with E-state index in [1.54, 1.807) is 6.07 Å². The number of hydrogen-bond acceptors (Lipinski definition) is 3. The van der Waals surface area contributed by atoms with E-state index in [0.29, 0.717) is 23.2 Å². The quantitative estimate of drug-likeness (QED) is 0.791. The first-order valence-electron chi connectivity index (χ1n) is 4.61. The summed E-state index contributed by atoms with van der Waals surface area (Å²) < 4.78 is 5.35. The Labute approximate surface area is 85.8 Å². The van der Waals surface area contributed by atoms with E-state index >= 15 is 0 Å². The van der Waals surface area contributed by atoms with E-state index in [-0.39, 0.29) is 11.3 Å². The molecule has 2 rings (SSSR count). The molecular weight excluding hydrogens is 196 g/mol. The Balaban J connectivity index is 2.80. The summed E-state index contributed by atoms with van der Waals surface area (Å²) in [6.07, 6.45) is 0.511. The third-order valence-corrected chi connectivity index (χ3v) is 2.28. The predicted molar refractivity (Wildman–Crippen MR) is 54.2 cm³/mol. The second-order valence-corrected chi connectivity index (χ2v) is 3.24. The number of phenols is 1. The number of carbonyl (C=O) groups is 1. The number of aromatic carboxylic acids is 1. The van der Waals surface area contributed by atoms with Gasteiger partial charge in [-0.2, -0.15) is 0 Å². The van der Waals surface area contributed by atoms with Gasteiger partial charge in [-0.3, -0.25) is 0 Å². The summed E-state index contributed by atoms with van der Waals surface area (Å²) in [5.41, 5.74) is 0.594. The average Bonchev–Trinajstić information content (AvgIpc) is 2.54. The van der Waals surface area contributed by atoms with Gasteiger partial charge in [0, 0.05) is 17.9 Å². The molecule has 0 saturated carbocycles. The molecule has 15 heavy (non-hydrogen) atoms. The number of rotatable bonds is 2. The topological polar surface area (TPSA) is 70.7 Å². The molecular formula is C11H10O4. The second-order valence-electron chi connectivity index (χ2n) is 3.24. The molecule has 0 aliphatic heterocycles. The van der Waals surface area contributed by atoms with Crippen molar-refractivity contribution in [2.75, 3.05) is 0 Å². The van der Waals surface area contributed by atoms with Crippen LogP contribution in [0.5, 0.6) is 5.75 Å². The molecule has 0 atom stereocenters. The fourth-order valence-electron chi connectivity index (χ4n) is 1.62. The standard InChI is InChI=1S/C11H10O4/c1-2-8-10(11(13)14)7-4-3-6(12)5-9(7)15-8/h3-5,12H,2H2,1H3,(H,13,14). The van der Waals surface area contributed by atoms with Crippen molar-refractivity contribution in [3.63, 3.8) is 0 Å². The Bertz CT molecular complexity index is 525. The molecule has 0 radical (unpaired) electrons. The second kappa shape index (κ2) is 3.31. The van der Waals surface area contributed by atoms with E-state index in [1.165, 1.54) is 12.1 Å². The zero-order valence-electron chi connectivity index (χ0n) is 8.15. The average molecular weight is 206 g/mol. The Morgan fingerprint density at radius 1 is 1.47 bits per heavy atom. The van der Waals surface area contributed by atoms with Crippen molar-refractivity contribution in [1.29, 1.82) is 0 Å². The fraction of sp³-hybridized carbons (Fsp3) is 0.182. The van der Waals surface area contributed by atoms with E-state index in [9.17, 15) is 9.90 Å². The molecule has 1 heterocycles. The van der Waals surface area contributed by atoms with Crippen LogP contribution in [0.1, 0.15) is 23.0 Å². The lowest BCUT2D eigenvalue weighted by Crippen LogP contribution is -1.98. The number of aromatic hydroxyl groups is 1. The largest absolute Gasteiger partial charge is 0.508 e. The molecule has 2 N–H and O–H groups in total. The molecule has 0 unspecified atom stereocenters. The molecule has 0 amide bonds. The SMILES string of the molecule is CCc1oc2cc(O)ccc2c1C(=O)O. The van der Waals surface area contributed by atoms with E-state index in [2.05, 4.69) is 0 Å². The van der Waals surface area contributed by atoms with Gasteiger partial charge in [-0.15, -0.1) is 0 Å². The summed E-state index contributed by atoms with van der Waals surface area (Å²) in [5, 5.41) is 18.8. The number of phenolic OH excluding ortho intramolecular Hbond substituents is 1. The fourth-order valence-corrected chi connectivity index (χ4v) is 1.62. The Kier molecular flexibility index (Phi) is 2.11. The minimum absolute atomic E-state index is 0.0656. The molecule has 0 saturated heterocycles. The van der Waals surface area contributed by atoms with Crippen molar-refractivity contribution >= 4 is 16.9 Å². The highest BCUT2D eigenvalue weighted by atomic mass is 16.4. The molecule has 4 nitrogen and oxygen atoms in total. The van der Waals surface area contributed by atoms with Crippen molar-refractivity contribution in [3.05, 3.63) is 29.5 Å². The Hall–Kier alpha value is -1.97. The molecule has 0 fully saturated rings. The summed E-state index contributed by atoms with van der Waals surface area (Å²) in [6.45, 7) is 1.82. The van der Waals surface area contributed by atoms with Gasteiger partial charge >= 0.3 is 5.97 Å². The van der Waals surface area contributed by atoms with Crippen molar-refractivity contribution in [2.45, 2.75) is 13.3 Å². The molecule has 0 spiro atoms. The first kappa shape index (κ1) is 9.58. The molecule has 4 heteroatoms. The minimum atomic E-state index is -1.00. The van der Waals surface area contributed by atoms with Crippen LogP contribution >= 0.6 is 0 Å². The lowest BCUT2D eigenvalue weighted by atomic mass is 10.1. The summed E-state index contributed by atoms with van der Waals surface area (Å²) in [5.74, 6) is -0.504. The van der Waals surface area contributed by atoms with Crippen LogP contribution in [0.15, 0.2) is 22.6 Å². The molecule has 2 aromatic rings. The van der Waals surface area contributed by atoms with Crippen LogP contribution in [0, 0.1) is 0 Å². The zero-order chi connectivity index (χ0) is 11.0. The first-order valence-corrected chi connectivity index (χ1v) is 4.61. The number of carboxylic acids is 1. The molecule has 0 bridgehead atoms. The minimum Gasteiger partial charge on any atom is -0.508 e. The van der Waals surface area contributed by atoms with Crippen molar-refractivity contribution in [2.24, 2.45) is 0 Å². The van der Waals surface area contributed by atoms with Crippen LogP contribution in [0.25, 0.3) is 11.0 Å². The van der Waals surface area contributed by atoms with Gasteiger partial charge in [0.15, 0.2) is 0 Å². The highest BCUT2D eigenvalue weighted by Gasteiger charge is 2.18. The smallest absolute Gasteiger partial charge is 0.339 e. The van der Waals surface area contributed by atoms with Crippen molar-refractivity contribution < 1.29 is 19.4 Å². The highest BCUT2D eigenvalue weighted by Crippen LogP contribution is 2.29. The molecule has 78 valence electrons. The summed E-state index contributed by atoms with van der Waals surface area (Å²) >= 11 is 0. The number of furan rings is 1. The number of hydrogen-bond donors (Lipinski definition) is 2. The number of carboxylic acid groups (broad SMARTS) is 1. The van der Waals surface area contributed by atoms with Crippen molar-refractivity contribution in [1.82, 2.24) is 0 Å². The van der Waals surface area contributed by atoms with Crippen LogP contribution in [0.4, 0.5) is 0 Å². The molecule has 1 aromatic carbocycles. The normalized spacial score (nSPS) is 10.7. The Morgan fingerprint density at radius 3 is 2.80 bits per heavy atom. The lowest BCUT2D eigenvalue weighted by molar-refractivity contribution is 0.0696. The lowest BCUT2D eigenvalue weighted by Gasteiger charge is -1.93. The molecule has 1 aromatic heterocycles. The summed E-state index contributed by atoms with van der Waals surface area (Å²) in [4.78, 5) is 11.0. The maximum Gasteiger partial charge on any atom is 0.339 e. The Morgan fingerprint density at radius 2 is 2.20 bits per heavy atom. The van der Waals surface area contributed by atoms with Gasteiger partial charge in [0.25, 0.3) is 0 Å². The van der Waals surface area contributed by atoms with Crippen LogP contribution < -0.4 is 0 Å². The van der Waals surface area contributed by atoms with Crippen LogP contribution in [-0.4, -0.2) is 16.2 Å². The highest BCUT2D eigenvalue weighted by molar-refractivity contribution is 6.03. The van der Waals surface area contributed by atoms with Crippen molar-refractivity contribution in [3.8, 4) is 5.75 Å². The maximum atomic E-state index is 11.0. The van der Waals surface area contributed by atoms with E-state index < -0.39 is 5.97 Å². The molecule has 0 aliphatic carbocycles. The number of benzene rings is 1. The maximum absolute atomic E-state index is 11.0. The number of fused-ring (bicyclic) bond motifs is 1. The van der Waals surface area contributed by atoms with Crippen LogP contribution in [0.2, 0.25) is 0 Å². The van der Waals surface area contributed by atoms with E-state index in [4.69, 9.17) is 9.52 Å². The summed E-state index contributed by atoms with van der Waals surface area (Å²) in [7, 11) is 0. The van der Waals surface area contributed by atoms with Gasteiger partial charge in [0.05, 0.1) is 0 Å². The van der Waals surface area contributed by atoms with Gasteiger partial charge in [-0.25, -0.2) is 4.79 Å². The van der Waals surface area contributed by atoms with Crippen LogP contribution in [0.3, 0.4) is 0 Å². The van der Waals surface area contributed by atoms with E-state index in [0.717, 1.165) is 0 Å². The third-order valence-electron chi connectivity index (χ3n) is 2.28. The predicted octanol–water partition coefficient (Wildman–Crippen LogP) is 2.40. The van der Waals surface area contributed by atoms with Gasteiger partial charge in [-0.05, 0) is 12.1 Å². The van der Waals surface area contributed by atoms with Crippen LogP contribution in [-0.2, 0) is 6.42 Å². The van der Waals surface area contributed by atoms with Gasteiger partial charge in [0.1, 0.15) is 22.7 Å². The van der Waals surface area contributed by atoms with Gasteiger partial charge in [0.2, 0.25) is 0 Å². The summed E-state index contributed by atoms with van der Waals surface area (Å²) in [6, 6.07) is 4.42. The molecule has 0 aliphatic rings. The monoisotopic (exact) mass is 206 g/mol. The van der Waals surface area contributed by atoms with Gasteiger partial charge in [-0.1, -0.05) is 6.92 Å². The van der Waals surface area contributed by atoms with Gasteiger partial charge < -0.3 is 14.6 Å². The zero-order valence-corrected chi connectivity index (χ0v) is 8.15. The third kappa shape index (κ3) is 1.44. The first-order chi connectivity index (χ1) is 7.13. The van der Waals surface area contributed by atoms with E-state index in [1.807, 2.05) is 6.92 Å².